The summed E-state index contributed by atoms with van der Waals surface area (Å²) in [6.07, 6.45) is 2.57. The van der Waals surface area contributed by atoms with Gasteiger partial charge in [-0.3, -0.25) is 14.5 Å². The first-order chi connectivity index (χ1) is 8.06. The first kappa shape index (κ1) is 13.5. The Kier molecular flexibility index (Phi) is 4.93. The van der Waals surface area contributed by atoms with Gasteiger partial charge in [0.25, 0.3) is 5.91 Å². The van der Waals surface area contributed by atoms with Crippen LogP contribution in [0.15, 0.2) is 0 Å². The predicted octanol–water partition coefficient (Wildman–Crippen LogP) is 0.962. The number of nitrogens with one attached hydrogen (secondary N) is 1. The van der Waals surface area contributed by atoms with Gasteiger partial charge in [0.2, 0.25) is 0 Å². The number of hydrogen-bond acceptors (Lipinski definition) is 3. The summed E-state index contributed by atoms with van der Waals surface area (Å²) in [5, 5.41) is 11.1. The third-order valence-corrected chi connectivity index (χ3v) is 2.71. The van der Waals surface area contributed by atoms with Gasteiger partial charge in [-0.25, -0.2) is 4.79 Å². The van der Waals surface area contributed by atoms with Gasteiger partial charge in [0, 0.05) is 13.0 Å². The molecule has 0 radical (unpaired) electrons. The number of hydrogen-bond donors (Lipinski definition) is 2. The van der Waals surface area contributed by atoms with Gasteiger partial charge in [0.05, 0.1) is 0 Å². The SMILES string of the molecule is CCCC1NC(=O)N(CCCCC(=O)O)C1=O. The number of aliphatic carboxylic acids is 1. The number of carboxylic acid groups (broad SMARTS) is 1. The molecule has 0 spiro atoms. The third kappa shape index (κ3) is 3.72. The molecule has 1 saturated heterocycles. The van der Waals surface area contributed by atoms with Gasteiger partial charge >= 0.3 is 12.0 Å². The van der Waals surface area contributed by atoms with Crippen LogP contribution < -0.4 is 5.32 Å². The molecule has 0 aromatic carbocycles. The fraction of sp³-hybridized carbons (Fsp3) is 0.727. The summed E-state index contributed by atoms with van der Waals surface area (Å²) in [6, 6.07) is -0.754. The number of amides is 3. The van der Waals surface area contributed by atoms with Crippen molar-refractivity contribution in [3.05, 3.63) is 0 Å². The van der Waals surface area contributed by atoms with Gasteiger partial charge < -0.3 is 10.4 Å². The van der Waals surface area contributed by atoms with E-state index in [0.29, 0.717) is 25.8 Å². The van der Waals surface area contributed by atoms with Crippen LogP contribution in [0.25, 0.3) is 0 Å². The average molecular weight is 242 g/mol. The van der Waals surface area contributed by atoms with Crippen LogP contribution in [0.1, 0.15) is 39.0 Å². The zero-order valence-corrected chi connectivity index (χ0v) is 9.94. The summed E-state index contributed by atoms with van der Waals surface area (Å²) >= 11 is 0. The quantitative estimate of drug-likeness (QED) is 0.514. The van der Waals surface area contributed by atoms with Gasteiger partial charge in [-0.2, -0.15) is 0 Å². The van der Waals surface area contributed by atoms with Crippen molar-refractivity contribution in [1.82, 2.24) is 10.2 Å². The first-order valence-corrected chi connectivity index (χ1v) is 5.90. The summed E-state index contributed by atoms with van der Waals surface area (Å²) in [7, 11) is 0. The lowest BCUT2D eigenvalue weighted by Crippen LogP contribution is -2.32. The van der Waals surface area contributed by atoms with Crippen LogP contribution in [0.2, 0.25) is 0 Å². The molecule has 6 nitrogen and oxygen atoms in total. The monoisotopic (exact) mass is 242 g/mol. The number of carboxylic acids is 1. The molecule has 1 aliphatic rings. The second kappa shape index (κ2) is 6.22. The summed E-state index contributed by atoms with van der Waals surface area (Å²) in [4.78, 5) is 34.7. The summed E-state index contributed by atoms with van der Waals surface area (Å²) in [5.41, 5.74) is 0. The number of imide groups is 1. The minimum Gasteiger partial charge on any atom is -0.481 e. The molecule has 0 saturated carbocycles. The van der Waals surface area contributed by atoms with E-state index in [9.17, 15) is 14.4 Å². The fourth-order valence-electron chi connectivity index (χ4n) is 1.82. The minimum absolute atomic E-state index is 0.0715. The molecular formula is C11H18N2O4. The van der Waals surface area contributed by atoms with E-state index in [1.807, 2.05) is 6.92 Å². The summed E-state index contributed by atoms with van der Waals surface area (Å²) in [5.74, 6) is -1.04. The van der Waals surface area contributed by atoms with Crippen LogP contribution in [-0.4, -0.2) is 40.5 Å². The number of unbranched alkanes of at least 4 members (excludes halogenated alkanes) is 1. The Labute approximate surface area is 100.0 Å². The van der Waals surface area contributed by atoms with Crippen molar-refractivity contribution in [2.45, 2.75) is 45.1 Å². The Hall–Kier alpha value is -1.59. The summed E-state index contributed by atoms with van der Waals surface area (Å²) < 4.78 is 0. The van der Waals surface area contributed by atoms with Gasteiger partial charge in [-0.05, 0) is 19.3 Å². The van der Waals surface area contributed by atoms with E-state index >= 15 is 0 Å². The van der Waals surface area contributed by atoms with Crippen molar-refractivity contribution in [1.29, 1.82) is 0 Å². The standard InChI is InChI=1S/C11H18N2O4/c1-2-5-8-10(16)13(11(17)12-8)7-4-3-6-9(14)15/h8H,2-7H2,1H3,(H,12,17)(H,14,15). The molecule has 3 amide bonds. The van der Waals surface area contributed by atoms with Gasteiger partial charge in [-0.1, -0.05) is 13.3 Å². The molecule has 1 aliphatic heterocycles. The maximum absolute atomic E-state index is 11.8. The highest BCUT2D eigenvalue weighted by molar-refractivity contribution is 6.04. The number of urea groups is 1. The lowest BCUT2D eigenvalue weighted by Gasteiger charge is -2.12. The van der Waals surface area contributed by atoms with Crippen LogP contribution in [0, 0.1) is 0 Å². The number of nitrogens with zero attached hydrogens (tertiary/aromatic N) is 1. The van der Waals surface area contributed by atoms with Gasteiger partial charge in [0.15, 0.2) is 0 Å². The van der Waals surface area contributed by atoms with E-state index in [-0.39, 0.29) is 18.4 Å². The second-order valence-corrected chi connectivity index (χ2v) is 4.13. The highest BCUT2D eigenvalue weighted by atomic mass is 16.4. The Morgan fingerprint density at radius 2 is 2.12 bits per heavy atom. The fourth-order valence-corrected chi connectivity index (χ4v) is 1.82. The maximum Gasteiger partial charge on any atom is 0.324 e. The topological polar surface area (TPSA) is 86.7 Å². The molecule has 2 N–H and O–H groups in total. The molecule has 1 rings (SSSR count). The van der Waals surface area contributed by atoms with Crippen LogP contribution in [0.3, 0.4) is 0 Å². The third-order valence-electron chi connectivity index (χ3n) is 2.71. The predicted molar refractivity (Wildman–Crippen MR) is 60.4 cm³/mol. The molecule has 0 aromatic heterocycles. The number of carbonyl (C=O) groups excluding carboxylic acids is 2. The molecule has 0 aromatic rings. The molecule has 1 fully saturated rings. The van der Waals surface area contributed by atoms with E-state index in [0.717, 1.165) is 6.42 Å². The molecule has 6 heteroatoms. The van der Waals surface area contributed by atoms with Crippen molar-refractivity contribution in [2.75, 3.05) is 6.54 Å². The Balaban J connectivity index is 2.35. The summed E-state index contributed by atoms with van der Waals surface area (Å²) in [6.45, 7) is 2.26. The Morgan fingerprint density at radius 3 is 2.71 bits per heavy atom. The molecule has 96 valence electrons. The van der Waals surface area contributed by atoms with Crippen LogP contribution in [-0.2, 0) is 9.59 Å². The maximum atomic E-state index is 11.8. The smallest absolute Gasteiger partial charge is 0.324 e. The van der Waals surface area contributed by atoms with E-state index in [2.05, 4.69) is 5.32 Å². The van der Waals surface area contributed by atoms with Crippen molar-refractivity contribution in [3.63, 3.8) is 0 Å². The lowest BCUT2D eigenvalue weighted by molar-refractivity contribution is -0.137. The largest absolute Gasteiger partial charge is 0.481 e. The van der Waals surface area contributed by atoms with E-state index < -0.39 is 12.0 Å². The van der Waals surface area contributed by atoms with E-state index in [1.165, 1.54) is 4.90 Å². The molecule has 1 heterocycles. The van der Waals surface area contributed by atoms with Crippen LogP contribution >= 0.6 is 0 Å². The van der Waals surface area contributed by atoms with Crippen molar-refractivity contribution < 1.29 is 19.5 Å². The van der Waals surface area contributed by atoms with Gasteiger partial charge in [-0.15, -0.1) is 0 Å². The molecule has 1 atom stereocenters. The molecular weight excluding hydrogens is 224 g/mol. The Bertz CT molecular complexity index is 317. The average Bonchev–Trinajstić information content (AvgIpc) is 2.51. The zero-order chi connectivity index (χ0) is 12.8. The zero-order valence-electron chi connectivity index (χ0n) is 9.94. The Morgan fingerprint density at radius 1 is 1.41 bits per heavy atom. The molecule has 0 bridgehead atoms. The second-order valence-electron chi connectivity index (χ2n) is 4.13. The van der Waals surface area contributed by atoms with E-state index in [4.69, 9.17) is 5.11 Å². The van der Waals surface area contributed by atoms with Crippen molar-refractivity contribution in [3.8, 4) is 0 Å². The highest BCUT2D eigenvalue weighted by Crippen LogP contribution is 2.12. The van der Waals surface area contributed by atoms with Crippen molar-refractivity contribution in [2.24, 2.45) is 0 Å². The minimum atomic E-state index is -0.856. The molecule has 17 heavy (non-hydrogen) atoms. The van der Waals surface area contributed by atoms with Crippen LogP contribution in [0.5, 0.6) is 0 Å². The lowest BCUT2D eigenvalue weighted by atomic mass is 10.1. The van der Waals surface area contributed by atoms with E-state index in [1.54, 1.807) is 0 Å². The van der Waals surface area contributed by atoms with Crippen molar-refractivity contribution >= 4 is 17.9 Å². The van der Waals surface area contributed by atoms with Crippen LogP contribution in [0.4, 0.5) is 4.79 Å². The normalized spacial score (nSPS) is 19.6. The number of rotatable bonds is 7. The van der Waals surface area contributed by atoms with Gasteiger partial charge in [0.1, 0.15) is 6.04 Å². The molecule has 1 unspecified atom stereocenters. The first-order valence-electron chi connectivity index (χ1n) is 5.90. The molecule has 0 aliphatic carbocycles. The highest BCUT2D eigenvalue weighted by Gasteiger charge is 2.36. The number of carbonyl (C=O) groups is 3.